The van der Waals surface area contributed by atoms with Crippen molar-refractivity contribution in [2.24, 2.45) is 0 Å². The van der Waals surface area contributed by atoms with Crippen molar-refractivity contribution in [3.8, 4) is 28.7 Å². The molecule has 1 heterocycles. The summed E-state index contributed by atoms with van der Waals surface area (Å²) in [5, 5.41) is 14.6. The highest BCUT2D eigenvalue weighted by Crippen LogP contribution is 2.36. The van der Waals surface area contributed by atoms with Gasteiger partial charge in [0, 0.05) is 10.9 Å². The van der Waals surface area contributed by atoms with Crippen LogP contribution < -0.4 is 14.8 Å². The monoisotopic (exact) mass is 532 g/mol. The van der Waals surface area contributed by atoms with E-state index in [1.807, 2.05) is 36.4 Å². The minimum absolute atomic E-state index is 0.121. The highest BCUT2D eigenvalue weighted by Gasteiger charge is 2.23. The maximum Gasteiger partial charge on any atom is 0.341 e. The lowest BCUT2D eigenvalue weighted by molar-refractivity contribution is -0.112. The Morgan fingerprint density at radius 1 is 1.05 bits per heavy atom. The average Bonchev–Trinajstić information content (AvgIpc) is 3.36. The predicted octanol–water partition coefficient (Wildman–Crippen LogP) is 7.11. The first-order chi connectivity index (χ1) is 18.5. The molecule has 0 atom stereocenters. The van der Waals surface area contributed by atoms with Crippen LogP contribution in [0.25, 0.3) is 17.2 Å². The fourth-order valence-corrected chi connectivity index (χ4v) is 4.73. The highest BCUT2D eigenvalue weighted by atomic mass is 32.1. The van der Waals surface area contributed by atoms with Gasteiger partial charge in [-0.15, -0.1) is 11.3 Å². The predicted molar refractivity (Wildman–Crippen MR) is 151 cm³/mol. The van der Waals surface area contributed by atoms with E-state index in [0.717, 1.165) is 24.8 Å². The van der Waals surface area contributed by atoms with Crippen molar-refractivity contribution in [2.45, 2.75) is 39.5 Å². The lowest BCUT2D eigenvalue weighted by Crippen LogP contribution is -2.16. The van der Waals surface area contributed by atoms with E-state index in [1.54, 1.807) is 37.6 Å². The van der Waals surface area contributed by atoms with Gasteiger partial charge in [-0.3, -0.25) is 4.79 Å². The summed E-state index contributed by atoms with van der Waals surface area (Å²) in [6.07, 6.45) is 5.86. The third-order valence-electron chi connectivity index (χ3n) is 5.70. The van der Waals surface area contributed by atoms with Crippen molar-refractivity contribution in [2.75, 3.05) is 25.6 Å². The molecule has 0 aliphatic heterocycles. The van der Waals surface area contributed by atoms with Crippen molar-refractivity contribution >= 4 is 34.3 Å². The summed E-state index contributed by atoms with van der Waals surface area (Å²) in [5.41, 5.74) is 2.22. The third kappa shape index (κ3) is 7.46. The number of nitrogens with zero attached hydrogens (tertiary/aromatic N) is 1. The molecule has 0 bridgehead atoms. The fourth-order valence-electron chi connectivity index (χ4n) is 3.78. The number of hydrogen-bond acceptors (Lipinski definition) is 7. The fraction of sp³-hybridized carbons (Fsp3) is 0.300. The van der Waals surface area contributed by atoms with Gasteiger partial charge in [0.15, 0.2) is 11.5 Å². The summed E-state index contributed by atoms with van der Waals surface area (Å²) in [6, 6.07) is 16.6. The van der Waals surface area contributed by atoms with Crippen molar-refractivity contribution < 1.29 is 23.8 Å². The van der Waals surface area contributed by atoms with E-state index in [1.165, 1.54) is 23.8 Å². The van der Waals surface area contributed by atoms with Gasteiger partial charge in [0.25, 0.3) is 5.91 Å². The van der Waals surface area contributed by atoms with Crippen LogP contribution >= 0.6 is 11.3 Å². The van der Waals surface area contributed by atoms with E-state index in [0.29, 0.717) is 34.2 Å². The first-order valence-electron chi connectivity index (χ1n) is 12.6. The molecule has 8 heteroatoms. The highest BCUT2D eigenvalue weighted by molar-refractivity contribution is 7.15. The van der Waals surface area contributed by atoms with Crippen LogP contribution in [0.15, 0.2) is 59.5 Å². The standard InChI is InChI=1S/C30H32N2O5S/c1-4-6-7-11-16-37-25-15-14-21(18-26(25)35-3)17-23(19-31)28(33)32-29-27(30(34)36-5-2)24(20-38-29)22-12-9-8-10-13-22/h8-10,12-15,17-18,20H,4-7,11,16H2,1-3H3,(H,32,33)/b23-17+. The van der Waals surface area contributed by atoms with Crippen LogP contribution in [0.2, 0.25) is 0 Å². The topological polar surface area (TPSA) is 97.7 Å². The SMILES string of the molecule is CCCCCCOc1ccc(/C=C(\C#N)C(=O)Nc2scc(-c3ccccc3)c2C(=O)OCC)cc1OC. The van der Waals surface area contributed by atoms with Gasteiger partial charge in [-0.25, -0.2) is 4.79 Å². The maximum absolute atomic E-state index is 13.1. The smallest absolute Gasteiger partial charge is 0.341 e. The van der Waals surface area contributed by atoms with Gasteiger partial charge in [0.1, 0.15) is 22.2 Å². The summed E-state index contributed by atoms with van der Waals surface area (Å²) in [7, 11) is 1.54. The molecule has 3 aromatic rings. The number of esters is 1. The third-order valence-corrected chi connectivity index (χ3v) is 6.60. The minimum atomic E-state index is -0.630. The molecule has 1 amide bonds. The zero-order valence-electron chi connectivity index (χ0n) is 21.9. The number of anilines is 1. The summed E-state index contributed by atoms with van der Waals surface area (Å²) in [6.45, 7) is 4.66. The Morgan fingerprint density at radius 2 is 1.84 bits per heavy atom. The average molecular weight is 533 g/mol. The largest absolute Gasteiger partial charge is 0.493 e. The van der Waals surface area contributed by atoms with Crippen LogP contribution in [0.1, 0.15) is 55.5 Å². The number of unbranched alkanes of at least 4 members (excludes halogenated alkanes) is 3. The zero-order valence-corrected chi connectivity index (χ0v) is 22.7. The molecule has 1 N–H and O–H groups in total. The number of nitriles is 1. The second-order valence-electron chi connectivity index (χ2n) is 8.38. The van der Waals surface area contributed by atoms with Crippen molar-refractivity contribution in [1.82, 2.24) is 0 Å². The molecule has 0 saturated heterocycles. The number of methoxy groups -OCH3 is 1. The van der Waals surface area contributed by atoms with Gasteiger partial charge in [-0.1, -0.05) is 62.6 Å². The normalized spacial score (nSPS) is 10.9. The quantitative estimate of drug-likeness (QED) is 0.109. The molecule has 0 aliphatic rings. The van der Waals surface area contributed by atoms with Crippen LogP contribution in [-0.4, -0.2) is 32.2 Å². The Kier molecular flexibility index (Phi) is 10.9. The number of thiophene rings is 1. The Balaban J connectivity index is 1.82. The summed E-state index contributed by atoms with van der Waals surface area (Å²) in [4.78, 5) is 25.9. The van der Waals surface area contributed by atoms with Gasteiger partial charge in [0.05, 0.1) is 20.3 Å². The van der Waals surface area contributed by atoms with Crippen molar-refractivity contribution in [3.05, 3.63) is 70.6 Å². The van der Waals surface area contributed by atoms with Gasteiger partial charge < -0.3 is 19.5 Å². The number of nitrogens with one attached hydrogen (secondary N) is 1. The van der Waals surface area contributed by atoms with Crippen LogP contribution in [0, 0.1) is 11.3 Å². The van der Waals surface area contributed by atoms with Crippen molar-refractivity contribution in [3.63, 3.8) is 0 Å². The summed E-state index contributed by atoms with van der Waals surface area (Å²) >= 11 is 1.20. The Morgan fingerprint density at radius 3 is 2.53 bits per heavy atom. The lowest BCUT2D eigenvalue weighted by atomic mass is 10.0. The van der Waals surface area contributed by atoms with E-state index >= 15 is 0 Å². The molecule has 0 fully saturated rings. The second kappa shape index (κ2) is 14.6. The van der Waals surface area contributed by atoms with E-state index in [2.05, 4.69) is 12.2 Å². The molecule has 0 unspecified atom stereocenters. The maximum atomic E-state index is 13.1. The first kappa shape index (κ1) is 28.5. The molecular weight excluding hydrogens is 500 g/mol. The molecule has 198 valence electrons. The van der Waals surface area contributed by atoms with Gasteiger partial charge in [-0.05, 0) is 42.7 Å². The number of hydrogen-bond donors (Lipinski definition) is 1. The number of ether oxygens (including phenoxy) is 3. The molecule has 0 spiro atoms. The minimum Gasteiger partial charge on any atom is -0.493 e. The number of benzene rings is 2. The van der Waals surface area contributed by atoms with Gasteiger partial charge in [0.2, 0.25) is 0 Å². The molecule has 0 saturated carbocycles. The molecule has 0 aliphatic carbocycles. The van der Waals surface area contributed by atoms with E-state index in [4.69, 9.17) is 14.2 Å². The van der Waals surface area contributed by atoms with E-state index in [9.17, 15) is 14.9 Å². The van der Waals surface area contributed by atoms with Gasteiger partial charge >= 0.3 is 5.97 Å². The number of rotatable bonds is 13. The molecule has 38 heavy (non-hydrogen) atoms. The molecule has 3 rings (SSSR count). The molecule has 7 nitrogen and oxygen atoms in total. The molecule has 2 aromatic carbocycles. The lowest BCUT2D eigenvalue weighted by Gasteiger charge is -2.11. The zero-order chi connectivity index (χ0) is 27.3. The van der Waals surface area contributed by atoms with Crippen LogP contribution in [0.5, 0.6) is 11.5 Å². The van der Waals surface area contributed by atoms with Crippen LogP contribution in [-0.2, 0) is 9.53 Å². The number of carbonyl (C=O) groups excluding carboxylic acids is 2. The Labute approximate surface area is 227 Å². The number of amides is 1. The number of carbonyl (C=O) groups is 2. The second-order valence-corrected chi connectivity index (χ2v) is 9.26. The first-order valence-corrected chi connectivity index (χ1v) is 13.5. The van der Waals surface area contributed by atoms with Crippen LogP contribution in [0.3, 0.4) is 0 Å². The molecule has 0 radical (unpaired) electrons. The Bertz CT molecular complexity index is 1310. The van der Waals surface area contributed by atoms with Crippen molar-refractivity contribution in [1.29, 1.82) is 5.26 Å². The van der Waals surface area contributed by atoms with E-state index < -0.39 is 11.9 Å². The Hall–Kier alpha value is -4.09. The summed E-state index contributed by atoms with van der Waals surface area (Å²) in [5.74, 6) is -0.0485. The van der Waals surface area contributed by atoms with Crippen LogP contribution in [0.4, 0.5) is 5.00 Å². The van der Waals surface area contributed by atoms with E-state index in [-0.39, 0.29) is 17.7 Å². The van der Waals surface area contributed by atoms with Gasteiger partial charge in [-0.2, -0.15) is 5.26 Å². The molecule has 1 aromatic heterocycles. The molecular formula is C30H32N2O5S. The summed E-state index contributed by atoms with van der Waals surface area (Å²) < 4.78 is 16.6.